The Morgan fingerprint density at radius 3 is 2.32 bits per heavy atom. The molecule has 1 saturated carbocycles. The molecule has 0 unspecified atom stereocenters. The van der Waals surface area contributed by atoms with Gasteiger partial charge in [0.05, 0.1) is 24.4 Å². The van der Waals surface area contributed by atoms with Crippen LogP contribution in [-0.4, -0.2) is 73.7 Å². The topological polar surface area (TPSA) is 143 Å². The first-order valence-corrected chi connectivity index (χ1v) is 14.9. The lowest BCUT2D eigenvalue weighted by Gasteiger charge is -2.37. The number of carbonyl (C=O) groups is 2. The number of amides is 2. The van der Waals surface area contributed by atoms with Crippen LogP contribution >= 0.6 is 12.4 Å². The van der Waals surface area contributed by atoms with Gasteiger partial charge in [0.1, 0.15) is 5.75 Å². The van der Waals surface area contributed by atoms with Gasteiger partial charge < -0.3 is 36.1 Å². The number of para-hydroxylation sites is 1. The molecule has 1 aromatic carbocycles. The van der Waals surface area contributed by atoms with Crippen molar-refractivity contribution >= 4 is 24.2 Å². The third-order valence-corrected chi connectivity index (χ3v) is 8.44. The Morgan fingerprint density at radius 1 is 1.05 bits per heavy atom. The lowest BCUT2D eigenvalue weighted by atomic mass is 9.70. The van der Waals surface area contributed by atoms with E-state index in [-0.39, 0.29) is 54.6 Å². The van der Waals surface area contributed by atoms with Crippen LogP contribution in [0.2, 0.25) is 0 Å². The number of nitrogens with two attached hydrogens (primary N) is 1. The van der Waals surface area contributed by atoms with Crippen molar-refractivity contribution in [3.63, 3.8) is 0 Å². The molecule has 41 heavy (non-hydrogen) atoms. The second-order valence-electron chi connectivity index (χ2n) is 12.2. The van der Waals surface area contributed by atoms with Crippen LogP contribution in [0.25, 0.3) is 0 Å². The minimum atomic E-state index is -0.905. The molecule has 0 aliphatic heterocycles. The van der Waals surface area contributed by atoms with Gasteiger partial charge in [0.15, 0.2) is 0 Å². The van der Waals surface area contributed by atoms with Gasteiger partial charge in [0.25, 0.3) is 5.91 Å². The molecule has 0 bridgehead atoms. The van der Waals surface area contributed by atoms with Gasteiger partial charge in [-0.3, -0.25) is 9.59 Å². The normalized spacial score (nSPS) is 19.5. The van der Waals surface area contributed by atoms with Crippen molar-refractivity contribution in [2.24, 2.45) is 28.9 Å². The number of methoxy groups -OCH3 is 1. The average molecular weight is 600 g/mol. The van der Waals surface area contributed by atoms with Crippen molar-refractivity contribution in [3.05, 3.63) is 29.8 Å². The van der Waals surface area contributed by atoms with Crippen molar-refractivity contribution in [2.75, 3.05) is 33.4 Å². The van der Waals surface area contributed by atoms with Crippen LogP contribution in [0.15, 0.2) is 24.3 Å². The predicted molar refractivity (Wildman–Crippen MR) is 164 cm³/mol. The number of benzene rings is 1. The second kappa shape index (κ2) is 18.6. The number of rotatable bonds is 17. The summed E-state index contributed by atoms with van der Waals surface area (Å²) in [5, 5.41) is 26.5. The van der Waals surface area contributed by atoms with Gasteiger partial charge >= 0.3 is 0 Å². The van der Waals surface area contributed by atoms with Gasteiger partial charge in [-0.15, -0.1) is 12.4 Å². The number of halogens is 1. The monoisotopic (exact) mass is 599 g/mol. The molecule has 0 saturated heterocycles. The second-order valence-corrected chi connectivity index (χ2v) is 12.2. The first-order valence-electron chi connectivity index (χ1n) is 14.9. The molecule has 1 aromatic rings. The number of aliphatic hydroxyl groups excluding tert-OH is 2. The number of carbonyl (C=O) groups excluding carboxylic acids is 2. The van der Waals surface area contributed by atoms with E-state index < -0.39 is 17.6 Å². The van der Waals surface area contributed by atoms with Crippen LogP contribution in [0.4, 0.5) is 0 Å². The summed E-state index contributed by atoms with van der Waals surface area (Å²) in [7, 11) is 1.67. The summed E-state index contributed by atoms with van der Waals surface area (Å²) in [6, 6.07) is 6.65. The maximum Gasteiger partial charge on any atom is 0.255 e. The highest BCUT2D eigenvalue weighted by molar-refractivity contribution is 5.96. The third kappa shape index (κ3) is 12.1. The first-order chi connectivity index (χ1) is 19.0. The van der Waals surface area contributed by atoms with Crippen molar-refractivity contribution in [3.8, 4) is 5.75 Å². The van der Waals surface area contributed by atoms with E-state index in [1.54, 1.807) is 19.2 Å². The number of hydrogen-bond donors (Lipinski definition) is 5. The van der Waals surface area contributed by atoms with Gasteiger partial charge in [0.2, 0.25) is 5.91 Å². The van der Waals surface area contributed by atoms with E-state index in [2.05, 4.69) is 24.5 Å². The Balaban J connectivity index is 0.00000840. The molecular weight excluding hydrogens is 546 g/mol. The van der Waals surface area contributed by atoms with Crippen LogP contribution in [-0.2, 0) is 9.53 Å². The Labute approximate surface area is 252 Å². The zero-order valence-corrected chi connectivity index (χ0v) is 26.4. The van der Waals surface area contributed by atoms with E-state index in [1.807, 2.05) is 26.0 Å². The highest BCUT2D eigenvalue weighted by Crippen LogP contribution is 2.38. The van der Waals surface area contributed by atoms with Crippen molar-refractivity contribution in [1.82, 2.24) is 10.6 Å². The smallest absolute Gasteiger partial charge is 0.255 e. The van der Waals surface area contributed by atoms with Crippen molar-refractivity contribution < 1.29 is 29.3 Å². The Morgan fingerprint density at radius 2 is 1.68 bits per heavy atom. The summed E-state index contributed by atoms with van der Waals surface area (Å²) in [6.07, 6.45) is 4.11. The molecule has 6 N–H and O–H groups in total. The molecule has 0 aromatic heterocycles. The minimum absolute atomic E-state index is 0. The highest BCUT2D eigenvalue weighted by atomic mass is 35.5. The number of nitrogens with one attached hydrogen (secondary N) is 2. The number of aliphatic hydroxyl groups is 2. The van der Waals surface area contributed by atoms with Crippen LogP contribution in [0.5, 0.6) is 5.75 Å². The summed E-state index contributed by atoms with van der Waals surface area (Å²) in [4.78, 5) is 26.0. The first kappa shape index (κ1) is 37.1. The molecule has 1 fully saturated rings. The van der Waals surface area contributed by atoms with Gasteiger partial charge in [0, 0.05) is 38.3 Å². The molecule has 1 aliphatic rings. The van der Waals surface area contributed by atoms with Crippen LogP contribution < -0.4 is 21.1 Å². The van der Waals surface area contributed by atoms with Gasteiger partial charge in [-0.05, 0) is 74.8 Å². The molecule has 1 aliphatic carbocycles. The molecule has 236 valence electrons. The maximum absolute atomic E-state index is 13.0. The van der Waals surface area contributed by atoms with Crippen molar-refractivity contribution in [2.45, 2.75) is 90.9 Å². The molecule has 9 nitrogen and oxygen atoms in total. The van der Waals surface area contributed by atoms with E-state index in [1.165, 1.54) is 0 Å². The molecule has 0 spiro atoms. The van der Waals surface area contributed by atoms with Crippen LogP contribution in [0, 0.1) is 23.2 Å². The average Bonchev–Trinajstić information content (AvgIpc) is 2.93. The summed E-state index contributed by atoms with van der Waals surface area (Å²) in [5.74, 6) is 0.692. The zero-order valence-electron chi connectivity index (χ0n) is 25.6. The molecular formula is C31H54ClN3O6. The molecule has 2 amide bonds. The zero-order chi connectivity index (χ0) is 29.7. The Bertz CT molecular complexity index is 908. The number of ether oxygens (including phenoxy) is 2. The fourth-order valence-electron chi connectivity index (χ4n) is 5.29. The SMILES string of the molecule is COCCCCOc1ccccc1C(=O)NC[C@@H](C[C@H](N)[C@@H](O)CNC(=O)C(C)(C)[C@H]1CC[C@H](O)CC1)C(C)C.Cl. The number of hydrogen-bond acceptors (Lipinski definition) is 7. The van der Waals surface area contributed by atoms with E-state index in [0.29, 0.717) is 37.5 Å². The molecule has 2 rings (SSSR count). The van der Waals surface area contributed by atoms with Crippen molar-refractivity contribution in [1.29, 1.82) is 0 Å². The summed E-state index contributed by atoms with van der Waals surface area (Å²) in [5.41, 5.74) is 6.27. The highest BCUT2D eigenvalue weighted by Gasteiger charge is 2.38. The Hall–Kier alpha value is -1.91. The van der Waals surface area contributed by atoms with Crippen LogP contribution in [0.1, 0.15) is 83.0 Å². The van der Waals surface area contributed by atoms with Gasteiger partial charge in [-0.2, -0.15) is 0 Å². The van der Waals surface area contributed by atoms with Gasteiger partial charge in [-0.25, -0.2) is 0 Å². The minimum Gasteiger partial charge on any atom is -0.493 e. The lowest BCUT2D eigenvalue weighted by Crippen LogP contribution is -2.49. The van der Waals surface area contributed by atoms with E-state index in [4.69, 9.17) is 15.2 Å². The molecule has 3 atom stereocenters. The molecule has 10 heteroatoms. The standard InChI is InChI=1S/C31H53N3O6.ClH/c1-21(2)22(19-33-29(37)25-10-6-7-11-28(25)40-17-9-8-16-39-5)18-26(32)27(36)20-34-30(38)31(3,4)23-12-14-24(35)15-13-23;/h6-7,10-11,21-24,26-27,35-36H,8-9,12-20,32H2,1-5H3,(H,33,37)(H,34,38);1H/t22-,23-,24-,26+,27+;/m1./s1. The predicted octanol–water partition coefficient (Wildman–Crippen LogP) is 3.69. The fraction of sp³-hybridized carbons (Fsp3) is 0.742. The molecule has 0 heterocycles. The van der Waals surface area contributed by atoms with E-state index in [0.717, 1.165) is 38.5 Å². The fourth-order valence-corrected chi connectivity index (χ4v) is 5.29. The maximum atomic E-state index is 13.0. The summed E-state index contributed by atoms with van der Waals surface area (Å²) in [6.45, 7) is 9.66. The Kier molecular flexibility index (Phi) is 16.8. The largest absolute Gasteiger partial charge is 0.493 e. The van der Waals surface area contributed by atoms with E-state index in [9.17, 15) is 19.8 Å². The van der Waals surface area contributed by atoms with E-state index >= 15 is 0 Å². The molecule has 0 radical (unpaired) electrons. The summed E-state index contributed by atoms with van der Waals surface area (Å²) >= 11 is 0. The lowest BCUT2D eigenvalue weighted by molar-refractivity contribution is -0.134. The third-order valence-electron chi connectivity index (χ3n) is 8.44. The van der Waals surface area contributed by atoms with Crippen LogP contribution in [0.3, 0.4) is 0 Å². The summed E-state index contributed by atoms with van der Waals surface area (Å²) < 4.78 is 10.9. The number of unbranched alkanes of at least 4 members (excludes halogenated alkanes) is 1. The quantitative estimate of drug-likeness (QED) is 0.172. The van der Waals surface area contributed by atoms with Gasteiger partial charge in [-0.1, -0.05) is 39.8 Å².